The van der Waals surface area contributed by atoms with E-state index in [2.05, 4.69) is 32.4 Å². The zero-order valence-electron chi connectivity index (χ0n) is 40.6. The molecule has 15 unspecified atom stereocenters. The van der Waals surface area contributed by atoms with E-state index in [9.17, 15) is 28.8 Å². The Balaban J connectivity index is -0.000000952. The van der Waals surface area contributed by atoms with Crippen molar-refractivity contribution >= 4 is 35.8 Å². The third-order valence-electron chi connectivity index (χ3n) is 17.4. The molecule has 8 saturated carbocycles. The molecule has 10 fully saturated rings. The molecule has 8 bridgehead atoms. The van der Waals surface area contributed by atoms with Gasteiger partial charge in [-0.25, -0.2) is 0 Å². The summed E-state index contributed by atoms with van der Waals surface area (Å²) in [6.45, 7) is 28.6. The normalized spacial score (nSPS) is 38.3. The summed E-state index contributed by atoms with van der Waals surface area (Å²) in [5, 5.41) is 0. The summed E-state index contributed by atoms with van der Waals surface area (Å²) >= 11 is 0. The summed E-state index contributed by atoms with van der Waals surface area (Å²) < 4.78 is 27.3. The van der Waals surface area contributed by atoms with Gasteiger partial charge in [0.15, 0.2) is 0 Å². The minimum Gasteiger partial charge on any atom is -0.465 e. The van der Waals surface area contributed by atoms with Crippen molar-refractivity contribution in [3.8, 4) is 0 Å². The minimum atomic E-state index is -0.820. The molecular weight excluding hydrogens is 885 g/mol. The fourth-order valence-corrected chi connectivity index (χ4v) is 13.7. The van der Waals surface area contributed by atoms with Crippen molar-refractivity contribution in [1.29, 1.82) is 0 Å². The van der Waals surface area contributed by atoms with Gasteiger partial charge >= 0.3 is 35.8 Å². The lowest BCUT2D eigenvalue weighted by Gasteiger charge is -2.63. The van der Waals surface area contributed by atoms with Crippen LogP contribution >= 0.6 is 0 Å². The van der Waals surface area contributed by atoms with Crippen LogP contribution in [-0.2, 0) is 52.5 Å². The third-order valence-corrected chi connectivity index (χ3v) is 17.4. The van der Waals surface area contributed by atoms with Gasteiger partial charge in [-0.15, -0.1) is 0 Å². The maximum Gasteiger partial charge on any atom is 0.317 e. The van der Waals surface area contributed by atoms with Gasteiger partial charge in [-0.05, 0) is 153 Å². The van der Waals surface area contributed by atoms with E-state index in [1.165, 1.54) is 19.3 Å². The molecule has 0 spiro atoms. The Bertz CT molecular complexity index is 1660. The lowest BCUT2D eigenvalue weighted by atomic mass is 9.42. The first-order valence-corrected chi connectivity index (χ1v) is 24.3. The number of cyclic esters (lactones) is 3. The zero-order chi connectivity index (χ0) is 46.1. The van der Waals surface area contributed by atoms with E-state index in [0.29, 0.717) is 63.4 Å². The van der Waals surface area contributed by atoms with Crippen molar-refractivity contribution in [2.45, 2.75) is 244 Å². The van der Waals surface area contributed by atoms with Crippen LogP contribution in [0, 0.1) is 93.7 Å². The van der Waals surface area contributed by atoms with Crippen molar-refractivity contribution in [3.63, 3.8) is 0 Å². The van der Waals surface area contributed by atoms with Gasteiger partial charge in [0.2, 0.25) is 0 Å². The van der Waals surface area contributed by atoms with Crippen molar-refractivity contribution in [2.75, 3.05) is 6.61 Å². The molecule has 0 aromatic rings. The van der Waals surface area contributed by atoms with Crippen LogP contribution in [0.2, 0.25) is 0 Å². The summed E-state index contributed by atoms with van der Waals surface area (Å²) in [5.74, 6) is 6.02. The van der Waals surface area contributed by atoms with Gasteiger partial charge in [-0.3, -0.25) is 28.8 Å². The van der Waals surface area contributed by atoms with Gasteiger partial charge in [-0.1, -0.05) is 115 Å². The molecule has 10 rings (SSSR count). The molecule has 15 atom stereocenters. The Morgan fingerprint density at radius 1 is 0.600 bits per heavy atom. The first kappa shape index (κ1) is 71.3. The first-order valence-electron chi connectivity index (χ1n) is 24.3. The Kier molecular flexibility index (Phi) is 26.3. The Hall–Kier alpha value is -2.98. The fourth-order valence-electron chi connectivity index (χ4n) is 13.7. The third kappa shape index (κ3) is 14.2. The molecule has 414 valence electrons. The predicted molar refractivity (Wildman–Crippen MR) is 286 cm³/mol. The standard InChI is InChI=1S/C25H40O6.C11H16O2.C9H16.C6H8O3.8CH4/c1-9-16(2)18(26)29-25-12-17-10-23(14-25,19(27)30-21(3,4)5)13-24(11-17,15-25)20(28)31-22(6,7)8;1-5-6(2)8-3-7(5)9-4-13-11(12)10(8)9;1-6-7(2)9-4-3-8(6)5-9;1-3-4(2)6(8)9-5(3)7;;;;;;;;/h16-17H,9-15H2,1-8H3;5-10H,3-4H2,1-2H3;6-9H,3-5H2,1-2H3;3-4H,1-2H3;8*1H4. The first-order chi connectivity index (χ1) is 28.6. The largest absolute Gasteiger partial charge is 0.465 e. The molecule has 0 radical (unpaired) electrons. The van der Waals surface area contributed by atoms with E-state index in [0.717, 1.165) is 41.4 Å². The van der Waals surface area contributed by atoms with E-state index in [-0.39, 0.29) is 113 Å². The van der Waals surface area contributed by atoms with Crippen molar-refractivity contribution in [2.24, 2.45) is 93.7 Å². The van der Waals surface area contributed by atoms with Crippen LogP contribution in [0.15, 0.2) is 0 Å². The molecule has 2 saturated heterocycles. The van der Waals surface area contributed by atoms with E-state index >= 15 is 0 Å². The highest BCUT2D eigenvalue weighted by Gasteiger charge is 2.71. The second kappa shape index (κ2) is 25.8. The van der Waals surface area contributed by atoms with E-state index in [4.69, 9.17) is 18.9 Å². The number of carbonyl (C=O) groups excluding carboxylic acids is 6. The van der Waals surface area contributed by atoms with Crippen LogP contribution in [0.1, 0.15) is 227 Å². The van der Waals surface area contributed by atoms with Gasteiger partial charge in [-0.2, -0.15) is 0 Å². The second-order valence-electron chi connectivity index (χ2n) is 24.0. The molecule has 70 heavy (non-hydrogen) atoms. The van der Waals surface area contributed by atoms with E-state index < -0.39 is 39.6 Å². The topological polar surface area (TPSA) is 149 Å². The quantitative estimate of drug-likeness (QED) is 0.147. The van der Waals surface area contributed by atoms with Crippen LogP contribution in [-0.4, -0.2) is 59.2 Å². The summed E-state index contributed by atoms with van der Waals surface area (Å²) in [7, 11) is 0. The fraction of sp³-hybridized carbons (Fsp3) is 0.898. The van der Waals surface area contributed by atoms with Gasteiger partial charge < -0.3 is 23.7 Å². The van der Waals surface area contributed by atoms with Gasteiger partial charge in [0.05, 0.1) is 41.1 Å². The number of hydrogen-bond donors (Lipinski definition) is 0. The van der Waals surface area contributed by atoms with Crippen LogP contribution in [0.25, 0.3) is 0 Å². The summed E-state index contributed by atoms with van der Waals surface area (Å²) in [6.07, 6.45) is 9.92. The molecule has 0 aromatic heterocycles. The van der Waals surface area contributed by atoms with Crippen LogP contribution in [0.4, 0.5) is 0 Å². The average Bonchev–Trinajstić information content (AvgIpc) is 4.01. The van der Waals surface area contributed by atoms with Gasteiger partial charge in [0.1, 0.15) is 16.8 Å². The number of carbonyl (C=O) groups is 6. The minimum absolute atomic E-state index is 0. The van der Waals surface area contributed by atoms with Crippen molar-refractivity contribution in [3.05, 3.63) is 0 Å². The lowest BCUT2D eigenvalue weighted by molar-refractivity contribution is -0.242. The number of fused-ring (bicyclic) bond motifs is 7. The highest BCUT2D eigenvalue weighted by Crippen LogP contribution is 2.69. The van der Waals surface area contributed by atoms with Crippen LogP contribution < -0.4 is 0 Å². The average molecular weight is 998 g/mol. The molecule has 2 aliphatic heterocycles. The lowest BCUT2D eigenvalue weighted by Crippen LogP contribution is -2.66. The monoisotopic (exact) mass is 997 g/mol. The van der Waals surface area contributed by atoms with E-state index in [1.807, 2.05) is 55.4 Å². The maximum atomic E-state index is 13.5. The maximum absolute atomic E-state index is 13.5. The summed E-state index contributed by atoms with van der Waals surface area (Å²) in [5.41, 5.74) is -3.70. The number of ether oxygens (including phenoxy) is 5. The van der Waals surface area contributed by atoms with Crippen LogP contribution in [0.5, 0.6) is 0 Å². The van der Waals surface area contributed by atoms with Gasteiger partial charge in [0, 0.05) is 18.8 Å². The molecule has 0 N–H and O–H groups in total. The van der Waals surface area contributed by atoms with Gasteiger partial charge in [0.25, 0.3) is 0 Å². The van der Waals surface area contributed by atoms with Crippen molar-refractivity contribution < 1.29 is 52.5 Å². The smallest absolute Gasteiger partial charge is 0.317 e. The molecule has 11 nitrogen and oxygen atoms in total. The SMILES string of the molecule is C.C.C.C.C.C.C.C.CC1C(=O)OC(=O)C1C.CC1C(C)C2CC1C1COC(=O)C21.CC1C2CCC(C2)C1C.CCC(C)C(=O)OC12CC3CC(C(=O)OC(C)(C)C)(C1)CC(C(=O)OC(C)(C)C)(C3)C2. The number of hydrogen-bond acceptors (Lipinski definition) is 11. The molecule has 0 amide bonds. The molecule has 0 aromatic carbocycles. The summed E-state index contributed by atoms with van der Waals surface area (Å²) in [6, 6.07) is 0. The Morgan fingerprint density at radius 3 is 1.39 bits per heavy atom. The molecule has 2 heterocycles. The molecule has 11 heteroatoms. The molecule has 8 aliphatic carbocycles. The highest BCUT2D eigenvalue weighted by atomic mass is 16.6. The van der Waals surface area contributed by atoms with Crippen molar-refractivity contribution in [1.82, 2.24) is 0 Å². The second-order valence-corrected chi connectivity index (χ2v) is 24.0. The Labute approximate surface area is 430 Å². The summed E-state index contributed by atoms with van der Waals surface area (Å²) in [4.78, 5) is 72.3. The number of rotatable bonds is 5. The molecular formula is C59H112O11. The Morgan fingerprint density at radius 2 is 1.03 bits per heavy atom. The number of esters is 6. The molecule has 10 aliphatic rings. The van der Waals surface area contributed by atoms with Crippen LogP contribution in [0.3, 0.4) is 0 Å². The highest BCUT2D eigenvalue weighted by molar-refractivity contribution is 5.95. The predicted octanol–water partition coefficient (Wildman–Crippen LogP) is 14.8. The zero-order valence-corrected chi connectivity index (χ0v) is 40.6. The van der Waals surface area contributed by atoms with E-state index in [1.54, 1.807) is 20.3 Å².